The summed E-state index contributed by atoms with van der Waals surface area (Å²) in [6, 6.07) is 16.1. The monoisotopic (exact) mass is 407 g/mol. The molecule has 0 aliphatic rings. The highest BCUT2D eigenvalue weighted by Crippen LogP contribution is 2.37. The van der Waals surface area contributed by atoms with Crippen molar-refractivity contribution in [3.05, 3.63) is 60.4 Å². The van der Waals surface area contributed by atoms with Crippen molar-refractivity contribution in [3.8, 4) is 27.7 Å². The highest BCUT2D eigenvalue weighted by Gasteiger charge is 2.14. The number of rotatable bonds is 7. The van der Waals surface area contributed by atoms with Crippen LogP contribution in [0.5, 0.6) is 17.2 Å². The van der Waals surface area contributed by atoms with Crippen LogP contribution in [0, 0.1) is 0 Å². The number of aromatic nitrogens is 2. The zero-order valence-electron chi connectivity index (χ0n) is 16.4. The maximum Gasteiger partial charge on any atom is 0.164 e. The largest absolute Gasteiger partial charge is 0.496 e. The molecule has 0 fully saturated rings. The number of fused-ring (bicyclic) bond motifs is 1. The quantitative estimate of drug-likeness (QED) is 0.465. The summed E-state index contributed by atoms with van der Waals surface area (Å²) in [6.07, 6.45) is 1.59. The van der Waals surface area contributed by atoms with Gasteiger partial charge < -0.3 is 19.5 Å². The highest BCUT2D eigenvalue weighted by molar-refractivity contribution is 7.21. The normalized spacial score (nSPS) is 10.7. The van der Waals surface area contributed by atoms with E-state index >= 15 is 0 Å². The molecule has 0 saturated heterocycles. The minimum absolute atomic E-state index is 0.520. The standard InChI is InChI=1S/C22H21N3O3S/c1-26-17-11-19(28-3)18(27-2)9-15(17)12-23-21-16-10-20(14-7-5-4-6-8-14)29-22(16)25-13-24-21/h4-11,13H,12H2,1-3H3,(H,23,24,25). The lowest BCUT2D eigenvalue weighted by molar-refractivity contribution is 0.347. The summed E-state index contributed by atoms with van der Waals surface area (Å²) in [5.74, 6) is 2.78. The maximum absolute atomic E-state index is 5.52. The summed E-state index contributed by atoms with van der Waals surface area (Å²) >= 11 is 1.65. The third-order valence-corrected chi connectivity index (χ3v) is 5.71. The van der Waals surface area contributed by atoms with Gasteiger partial charge in [-0.05, 0) is 17.7 Å². The van der Waals surface area contributed by atoms with E-state index in [2.05, 4.69) is 33.5 Å². The van der Waals surface area contributed by atoms with Crippen LogP contribution in [0.1, 0.15) is 5.56 Å². The topological polar surface area (TPSA) is 65.5 Å². The van der Waals surface area contributed by atoms with Crippen LogP contribution in [0.2, 0.25) is 0 Å². The molecule has 0 amide bonds. The lowest BCUT2D eigenvalue weighted by atomic mass is 10.1. The molecule has 6 nitrogen and oxygen atoms in total. The lowest BCUT2D eigenvalue weighted by Crippen LogP contribution is -2.05. The van der Waals surface area contributed by atoms with Crippen molar-refractivity contribution >= 4 is 27.4 Å². The second-order valence-corrected chi connectivity index (χ2v) is 7.32. The number of hydrogen-bond donors (Lipinski definition) is 1. The molecule has 0 radical (unpaired) electrons. The predicted molar refractivity (Wildman–Crippen MR) is 116 cm³/mol. The molecular weight excluding hydrogens is 386 g/mol. The number of nitrogens with zero attached hydrogens (tertiary/aromatic N) is 2. The molecule has 2 aromatic heterocycles. The Balaban J connectivity index is 1.64. The predicted octanol–water partition coefficient (Wildman–Crippen LogP) is 5.00. The molecule has 0 aliphatic heterocycles. The summed E-state index contributed by atoms with van der Waals surface area (Å²) in [7, 11) is 4.86. The number of anilines is 1. The van der Waals surface area contributed by atoms with Gasteiger partial charge in [0.25, 0.3) is 0 Å². The van der Waals surface area contributed by atoms with Crippen molar-refractivity contribution < 1.29 is 14.2 Å². The van der Waals surface area contributed by atoms with Crippen molar-refractivity contribution in [1.29, 1.82) is 0 Å². The van der Waals surface area contributed by atoms with E-state index in [0.29, 0.717) is 18.0 Å². The average Bonchev–Trinajstić information content (AvgIpc) is 3.22. The number of ether oxygens (including phenoxy) is 3. The van der Waals surface area contributed by atoms with Crippen LogP contribution in [-0.4, -0.2) is 31.3 Å². The SMILES string of the molecule is COc1cc(OC)c(OC)cc1CNc1ncnc2sc(-c3ccccc3)cc12. The maximum atomic E-state index is 5.52. The summed E-state index contributed by atoms with van der Waals surface area (Å²) in [4.78, 5) is 11.0. The molecule has 0 aliphatic carbocycles. The molecule has 148 valence electrons. The zero-order chi connectivity index (χ0) is 20.2. The Morgan fingerprint density at radius 1 is 0.862 bits per heavy atom. The van der Waals surface area contributed by atoms with E-state index < -0.39 is 0 Å². The number of nitrogens with one attached hydrogen (secondary N) is 1. The van der Waals surface area contributed by atoms with E-state index in [1.807, 2.05) is 30.3 Å². The Morgan fingerprint density at radius 3 is 2.31 bits per heavy atom. The first-order valence-electron chi connectivity index (χ1n) is 9.06. The van der Waals surface area contributed by atoms with Crippen LogP contribution in [-0.2, 0) is 6.54 Å². The van der Waals surface area contributed by atoms with Gasteiger partial charge in [-0.3, -0.25) is 0 Å². The molecule has 4 rings (SSSR count). The first-order chi connectivity index (χ1) is 14.2. The summed E-state index contributed by atoms with van der Waals surface area (Å²) in [5, 5.41) is 4.41. The molecule has 0 saturated carbocycles. The minimum Gasteiger partial charge on any atom is -0.496 e. The van der Waals surface area contributed by atoms with Crippen LogP contribution >= 0.6 is 11.3 Å². The molecule has 2 aromatic carbocycles. The van der Waals surface area contributed by atoms with Gasteiger partial charge in [0.15, 0.2) is 11.5 Å². The first-order valence-corrected chi connectivity index (χ1v) is 9.88. The molecule has 4 aromatic rings. The van der Waals surface area contributed by atoms with Crippen molar-refractivity contribution in [3.63, 3.8) is 0 Å². The van der Waals surface area contributed by atoms with Gasteiger partial charge in [0.1, 0.15) is 22.7 Å². The first kappa shape index (κ1) is 19.0. The van der Waals surface area contributed by atoms with E-state index in [-0.39, 0.29) is 0 Å². The van der Waals surface area contributed by atoms with Crippen LogP contribution < -0.4 is 19.5 Å². The van der Waals surface area contributed by atoms with Gasteiger partial charge in [-0.2, -0.15) is 0 Å². The molecule has 1 N–H and O–H groups in total. The van der Waals surface area contributed by atoms with Crippen LogP contribution in [0.4, 0.5) is 5.82 Å². The van der Waals surface area contributed by atoms with Gasteiger partial charge >= 0.3 is 0 Å². The van der Waals surface area contributed by atoms with Crippen molar-refractivity contribution in [2.75, 3.05) is 26.6 Å². The molecular formula is C22H21N3O3S. The van der Waals surface area contributed by atoms with E-state index in [1.54, 1.807) is 39.0 Å². The van der Waals surface area contributed by atoms with Gasteiger partial charge in [0.2, 0.25) is 0 Å². The highest BCUT2D eigenvalue weighted by atomic mass is 32.1. The fourth-order valence-corrected chi connectivity index (χ4v) is 4.16. The Labute approximate surface area is 173 Å². The third kappa shape index (κ3) is 3.82. The smallest absolute Gasteiger partial charge is 0.164 e. The van der Waals surface area contributed by atoms with Crippen molar-refractivity contribution in [2.24, 2.45) is 0 Å². The molecule has 0 spiro atoms. The van der Waals surface area contributed by atoms with Gasteiger partial charge in [-0.1, -0.05) is 30.3 Å². The minimum atomic E-state index is 0.520. The summed E-state index contributed by atoms with van der Waals surface area (Å²) in [5.41, 5.74) is 2.11. The second kappa shape index (κ2) is 8.36. The Kier molecular flexibility index (Phi) is 5.48. The van der Waals surface area contributed by atoms with E-state index in [9.17, 15) is 0 Å². The van der Waals surface area contributed by atoms with E-state index in [1.165, 1.54) is 5.56 Å². The molecule has 2 heterocycles. The molecule has 0 unspecified atom stereocenters. The molecule has 7 heteroatoms. The van der Waals surface area contributed by atoms with Crippen LogP contribution in [0.15, 0.2) is 54.9 Å². The van der Waals surface area contributed by atoms with Gasteiger partial charge in [-0.15, -0.1) is 11.3 Å². The zero-order valence-corrected chi connectivity index (χ0v) is 17.2. The lowest BCUT2D eigenvalue weighted by Gasteiger charge is -2.15. The van der Waals surface area contributed by atoms with Crippen LogP contribution in [0.3, 0.4) is 0 Å². The molecule has 0 bridgehead atoms. The fourth-order valence-electron chi connectivity index (χ4n) is 3.15. The van der Waals surface area contributed by atoms with E-state index in [4.69, 9.17) is 14.2 Å². The van der Waals surface area contributed by atoms with Gasteiger partial charge in [-0.25, -0.2) is 9.97 Å². The van der Waals surface area contributed by atoms with Gasteiger partial charge in [0.05, 0.1) is 26.7 Å². The average molecular weight is 407 g/mol. The Morgan fingerprint density at radius 2 is 1.59 bits per heavy atom. The second-order valence-electron chi connectivity index (χ2n) is 6.29. The number of methoxy groups -OCH3 is 3. The fraction of sp³-hybridized carbons (Fsp3) is 0.182. The number of thiophene rings is 1. The van der Waals surface area contributed by atoms with Crippen molar-refractivity contribution in [2.45, 2.75) is 6.54 Å². The van der Waals surface area contributed by atoms with E-state index in [0.717, 1.165) is 32.2 Å². The molecule has 0 atom stereocenters. The summed E-state index contributed by atoms with van der Waals surface area (Å²) < 4.78 is 16.3. The summed E-state index contributed by atoms with van der Waals surface area (Å²) in [6.45, 7) is 0.520. The molecule has 29 heavy (non-hydrogen) atoms. The van der Waals surface area contributed by atoms with Crippen LogP contribution in [0.25, 0.3) is 20.7 Å². The van der Waals surface area contributed by atoms with Crippen molar-refractivity contribution in [1.82, 2.24) is 9.97 Å². The Bertz CT molecular complexity index is 1130. The number of benzene rings is 2. The Hall–Kier alpha value is -3.32. The third-order valence-electron chi connectivity index (χ3n) is 4.62. The number of hydrogen-bond acceptors (Lipinski definition) is 7. The van der Waals surface area contributed by atoms with Gasteiger partial charge in [0, 0.05) is 23.1 Å².